The largest absolute Gasteiger partial charge is 0.350 e. The Labute approximate surface area is 121 Å². The van der Waals surface area contributed by atoms with Gasteiger partial charge in [-0.15, -0.1) is 0 Å². The Hall–Kier alpha value is -1.55. The number of aryl methyl sites for hydroxylation is 2. The van der Waals surface area contributed by atoms with E-state index in [1.165, 1.54) is 11.4 Å². The summed E-state index contributed by atoms with van der Waals surface area (Å²) in [5.41, 5.74) is 3.12. The number of carbonyl (C=O) groups excluding carboxylic acids is 1. The molecule has 1 aromatic heterocycles. The van der Waals surface area contributed by atoms with E-state index < -0.39 is 0 Å². The zero-order valence-electron chi connectivity index (χ0n) is 11.1. The molecule has 2 rings (SSSR count). The first kappa shape index (κ1) is 13.9. The van der Waals surface area contributed by atoms with Crippen LogP contribution in [0.25, 0.3) is 0 Å². The van der Waals surface area contributed by atoms with Gasteiger partial charge < -0.3 is 9.88 Å². The van der Waals surface area contributed by atoms with Gasteiger partial charge in [0.2, 0.25) is 0 Å². The van der Waals surface area contributed by atoms with E-state index in [9.17, 15) is 4.79 Å². The molecule has 1 heterocycles. The molecule has 1 N–H and O–H groups in total. The maximum atomic E-state index is 11.9. The minimum absolute atomic E-state index is 0.0324. The average molecular weight is 321 g/mol. The fourth-order valence-corrected chi connectivity index (χ4v) is 2.30. The van der Waals surface area contributed by atoms with Gasteiger partial charge in [0.1, 0.15) is 0 Å². The zero-order chi connectivity index (χ0) is 13.8. The predicted octanol–water partition coefficient (Wildman–Crippen LogP) is 3.30. The SMILES string of the molecule is Cc1ccc(C)n1CCNC(=O)c1ccc(Br)cc1. The molecule has 2 aromatic rings. The van der Waals surface area contributed by atoms with Crippen LogP contribution in [0, 0.1) is 13.8 Å². The van der Waals surface area contributed by atoms with Gasteiger partial charge >= 0.3 is 0 Å². The normalized spacial score (nSPS) is 10.5. The van der Waals surface area contributed by atoms with Crippen molar-refractivity contribution in [1.82, 2.24) is 9.88 Å². The Kier molecular flexibility index (Phi) is 4.43. The van der Waals surface area contributed by atoms with E-state index in [1.54, 1.807) is 0 Å². The summed E-state index contributed by atoms with van der Waals surface area (Å²) >= 11 is 3.35. The fourth-order valence-electron chi connectivity index (χ4n) is 2.04. The van der Waals surface area contributed by atoms with Gasteiger partial charge in [-0.1, -0.05) is 15.9 Å². The third kappa shape index (κ3) is 3.47. The Morgan fingerprint density at radius 2 is 1.68 bits per heavy atom. The van der Waals surface area contributed by atoms with Crippen LogP contribution in [0.3, 0.4) is 0 Å². The van der Waals surface area contributed by atoms with E-state index in [2.05, 4.69) is 51.8 Å². The quantitative estimate of drug-likeness (QED) is 0.921. The van der Waals surface area contributed by atoms with E-state index >= 15 is 0 Å². The molecular formula is C15H17BrN2O. The second kappa shape index (κ2) is 6.06. The van der Waals surface area contributed by atoms with Crippen molar-refractivity contribution in [1.29, 1.82) is 0 Å². The molecule has 0 fully saturated rings. The monoisotopic (exact) mass is 320 g/mol. The maximum Gasteiger partial charge on any atom is 0.251 e. The number of nitrogens with one attached hydrogen (secondary N) is 1. The number of rotatable bonds is 4. The predicted molar refractivity (Wildman–Crippen MR) is 80.4 cm³/mol. The molecule has 0 atom stereocenters. The number of aromatic nitrogens is 1. The summed E-state index contributed by atoms with van der Waals surface area (Å²) in [4.78, 5) is 11.9. The van der Waals surface area contributed by atoms with Crippen LogP contribution in [0.4, 0.5) is 0 Å². The van der Waals surface area contributed by atoms with Crippen LogP contribution in [0.1, 0.15) is 21.7 Å². The summed E-state index contributed by atoms with van der Waals surface area (Å²) in [6.45, 7) is 5.57. The van der Waals surface area contributed by atoms with Crippen LogP contribution >= 0.6 is 15.9 Å². The number of hydrogen-bond donors (Lipinski definition) is 1. The third-order valence-corrected chi connectivity index (χ3v) is 3.67. The summed E-state index contributed by atoms with van der Waals surface area (Å²) in [6, 6.07) is 11.5. The number of hydrogen-bond acceptors (Lipinski definition) is 1. The molecule has 0 aliphatic carbocycles. The van der Waals surface area contributed by atoms with E-state index in [4.69, 9.17) is 0 Å². The van der Waals surface area contributed by atoms with Gasteiger partial charge in [0.05, 0.1) is 0 Å². The van der Waals surface area contributed by atoms with Gasteiger partial charge in [0.25, 0.3) is 5.91 Å². The summed E-state index contributed by atoms with van der Waals surface area (Å²) in [6.07, 6.45) is 0. The van der Waals surface area contributed by atoms with Crippen molar-refractivity contribution in [3.63, 3.8) is 0 Å². The molecule has 0 spiro atoms. The first-order valence-corrected chi connectivity index (χ1v) is 7.04. The highest BCUT2D eigenvalue weighted by molar-refractivity contribution is 9.10. The van der Waals surface area contributed by atoms with Crippen LogP contribution in [0.2, 0.25) is 0 Å². The number of benzene rings is 1. The lowest BCUT2D eigenvalue weighted by molar-refractivity contribution is 0.0952. The van der Waals surface area contributed by atoms with E-state index in [0.717, 1.165) is 11.0 Å². The van der Waals surface area contributed by atoms with E-state index in [-0.39, 0.29) is 5.91 Å². The standard InChI is InChI=1S/C15H17BrN2O/c1-11-3-4-12(2)18(11)10-9-17-15(19)13-5-7-14(16)8-6-13/h3-8H,9-10H2,1-2H3,(H,17,19). The molecule has 0 saturated carbocycles. The van der Waals surface area contributed by atoms with Crippen molar-refractivity contribution in [2.75, 3.05) is 6.54 Å². The molecule has 0 unspecified atom stereocenters. The van der Waals surface area contributed by atoms with Crippen LogP contribution < -0.4 is 5.32 Å². The molecule has 0 bridgehead atoms. The molecule has 1 aromatic carbocycles. The van der Waals surface area contributed by atoms with Gasteiger partial charge in [0, 0.05) is 34.5 Å². The lowest BCUT2D eigenvalue weighted by atomic mass is 10.2. The van der Waals surface area contributed by atoms with E-state index in [0.29, 0.717) is 12.1 Å². The van der Waals surface area contributed by atoms with Gasteiger partial charge in [-0.05, 0) is 50.2 Å². The lowest BCUT2D eigenvalue weighted by Gasteiger charge is -2.10. The van der Waals surface area contributed by atoms with Crippen LogP contribution in [0.5, 0.6) is 0 Å². The minimum atomic E-state index is -0.0324. The maximum absolute atomic E-state index is 11.9. The average Bonchev–Trinajstić information content (AvgIpc) is 2.71. The third-order valence-electron chi connectivity index (χ3n) is 3.14. The molecule has 19 heavy (non-hydrogen) atoms. The fraction of sp³-hybridized carbons (Fsp3) is 0.267. The Morgan fingerprint density at radius 1 is 1.11 bits per heavy atom. The van der Waals surface area contributed by atoms with Gasteiger partial charge in [-0.3, -0.25) is 4.79 Å². The van der Waals surface area contributed by atoms with Gasteiger partial charge in [-0.25, -0.2) is 0 Å². The van der Waals surface area contributed by atoms with Crippen molar-refractivity contribution in [3.8, 4) is 0 Å². The summed E-state index contributed by atoms with van der Waals surface area (Å²) in [5, 5.41) is 2.94. The highest BCUT2D eigenvalue weighted by Gasteiger charge is 2.05. The number of nitrogens with zero attached hydrogens (tertiary/aromatic N) is 1. The van der Waals surface area contributed by atoms with Gasteiger partial charge in [0.15, 0.2) is 0 Å². The van der Waals surface area contributed by atoms with Crippen LogP contribution in [-0.4, -0.2) is 17.0 Å². The Morgan fingerprint density at radius 3 is 2.26 bits per heavy atom. The lowest BCUT2D eigenvalue weighted by Crippen LogP contribution is -2.27. The number of amides is 1. The highest BCUT2D eigenvalue weighted by Crippen LogP contribution is 2.10. The molecule has 0 radical (unpaired) electrons. The molecule has 0 saturated heterocycles. The van der Waals surface area contributed by atoms with E-state index in [1.807, 2.05) is 24.3 Å². The molecule has 4 heteroatoms. The second-order valence-corrected chi connectivity index (χ2v) is 5.45. The first-order chi connectivity index (χ1) is 9.08. The highest BCUT2D eigenvalue weighted by atomic mass is 79.9. The molecule has 0 aliphatic heterocycles. The summed E-state index contributed by atoms with van der Waals surface area (Å²) in [7, 11) is 0. The topological polar surface area (TPSA) is 34.0 Å². The summed E-state index contributed by atoms with van der Waals surface area (Å²) in [5.74, 6) is -0.0324. The zero-order valence-corrected chi connectivity index (χ0v) is 12.7. The first-order valence-electron chi connectivity index (χ1n) is 6.24. The van der Waals surface area contributed by atoms with Crippen molar-refractivity contribution in [2.24, 2.45) is 0 Å². The smallest absolute Gasteiger partial charge is 0.251 e. The number of carbonyl (C=O) groups is 1. The molecule has 100 valence electrons. The van der Waals surface area contributed by atoms with Crippen molar-refractivity contribution in [3.05, 3.63) is 57.8 Å². The molecule has 3 nitrogen and oxygen atoms in total. The van der Waals surface area contributed by atoms with Crippen molar-refractivity contribution in [2.45, 2.75) is 20.4 Å². The van der Waals surface area contributed by atoms with Crippen LogP contribution in [-0.2, 0) is 6.54 Å². The minimum Gasteiger partial charge on any atom is -0.350 e. The second-order valence-electron chi connectivity index (χ2n) is 4.53. The molecule has 0 aliphatic rings. The summed E-state index contributed by atoms with van der Waals surface area (Å²) < 4.78 is 3.17. The number of halogens is 1. The Bertz CT molecular complexity index is 553. The molecule has 1 amide bonds. The van der Waals surface area contributed by atoms with Crippen molar-refractivity contribution < 1.29 is 4.79 Å². The van der Waals surface area contributed by atoms with Gasteiger partial charge in [-0.2, -0.15) is 0 Å². The van der Waals surface area contributed by atoms with Crippen LogP contribution in [0.15, 0.2) is 40.9 Å². The molecular weight excluding hydrogens is 304 g/mol. The Balaban J connectivity index is 1.89. The van der Waals surface area contributed by atoms with Crippen molar-refractivity contribution >= 4 is 21.8 Å².